The molecule has 0 radical (unpaired) electrons. The Labute approximate surface area is 154 Å². The summed E-state index contributed by atoms with van der Waals surface area (Å²) < 4.78 is 0. The van der Waals surface area contributed by atoms with Crippen LogP contribution in [0.15, 0.2) is 65.8 Å². The Morgan fingerprint density at radius 2 is 1.36 bits per heavy atom. The second-order valence-corrected chi connectivity index (χ2v) is 6.49. The van der Waals surface area contributed by atoms with Crippen molar-refractivity contribution in [1.29, 1.82) is 0 Å². The summed E-state index contributed by atoms with van der Waals surface area (Å²) in [7, 11) is 0. The number of halogens is 1. The third-order valence-electron chi connectivity index (χ3n) is 4.89. The summed E-state index contributed by atoms with van der Waals surface area (Å²) in [5, 5.41) is 10.1. The highest BCUT2D eigenvalue weighted by molar-refractivity contribution is 5.92. The molecule has 0 unspecified atom stereocenters. The van der Waals surface area contributed by atoms with Gasteiger partial charge in [0, 0.05) is 23.6 Å². The molecule has 0 atom stereocenters. The molecule has 0 bridgehead atoms. The molecule has 4 rings (SSSR count). The smallest absolute Gasteiger partial charge is 0.165 e. The molecule has 3 nitrogen and oxygen atoms in total. The largest absolute Gasteiger partial charge is 1.00 e. The molecule has 0 aromatic heterocycles. The highest BCUT2D eigenvalue weighted by atomic mass is 35.5. The van der Waals surface area contributed by atoms with Crippen LogP contribution in [0.5, 0.6) is 0 Å². The maximum atomic E-state index is 5.74. The fourth-order valence-electron chi connectivity index (χ4n) is 3.56. The van der Waals surface area contributed by atoms with Crippen molar-refractivity contribution in [3.05, 3.63) is 66.0 Å². The van der Waals surface area contributed by atoms with Gasteiger partial charge in [0.05, 0.1) is 13.1 Å². The lowest BCUT2D eigenvalue weighted by molar-refractivity contribution is -0.887. The average Bonchev–Trinajstić information content (AvgIpc) is 3.09. The number of hydrogen-bond acceptors (Lipinski definition) is 2. The molecule has 1 aliphatic rings. The molecule has 1 saturated heterocycles. The lowest BCUT2D eigenvalue weighted by atomic mass is 10.1. The Hall–Kier alpha value is -2.10. The van der Waals surface area contributed by atoms with Crippen molar-refractivity contribution in [2.75, 3.05) is 26.2 Å². The second-order valence-electron chi connectivity index (χ2n) is 6.49. The zero-order valence-corrected chi connectivity index (χ0v) is 15.0. The third-order valence-corrected chi connectivity index (χ3v) is 4.89. The van der Waals surface area contributed by atoms with Crippen molar-refractivity contribution >= 4 is 21.5 Å². The molecule has 1 heterocycles. The number of hydrogen-bond donors (Lipinski definition) is 1. The molecule has 0 amide bonds. The van der Waals surface area contributed by atoms with E-state index >= 15 is 0 Å². The lowest BCUT2D eigenvalue weighted by Crippen LogP contribution is -3.10. The molecular weight excluding hydrogens is 332 g/mol. The average molecular weight is 355 g/mol. The van der Waals surface area contributed by atoms with Gasteiger partial charge in [-0.15, -0.1) is 0 Å². The Balaban J connectivity index is 0.00000182. The van der Waals surface area contributed by atoms with Crippen molar-refractivity contribution in [2.24, 2.45) is 5.16 Å². The van der Waals surface area contributed by atoms with E-state index in [2.05, 4.69) is 65.8 Å². The first-order valence-corrected chi connectivity index (χ1v) is 8.82. The van der Waals surface area contributed by atoms with Crippen LogP contribution < -0.4 is 22.7 Å². The van der Waals surface area contributed by atoms with Crippen molar-refractivity contribution in [2.45, 2.75) is 12.8 Å². The summed E-state index contributed by atoms with van der Waals surface area (Å²) in [5.41, 5.74) is 0. The number of likely N-dealkylation sites (tertiary alicyclic amines) is 1. The van der Waals surface area contributed by atoms with Crippen LogP contribution in [0.1, 0.15) is 12.8 Å². The first-order valence-electron chi connectivity index (χ1n) is 8.82. The Morgan fingerprint density at radius 1 is 0.800 bits per heavy atom. The SMILES string of the molecule is [Cl-].c1ccc2c(=NOCC[NH+]3CCCC3)c3ccccc3ccc2c1. The summed E-state index contributed by atoms with van der Waals surface area (Å²) in [6.07, 6.45) is 2.69. The van der Waals surface area contributed by atoms with E-state index in [1.807, 2.05) is 0 Å². The molecule has 3 aromatic carbocycles. The normalized spacial score (nSPS) is 14.4. The zero-order valence-electron chi connectivity index (χ0n) is 14.2. The van der Waals surface area contributed by atoms with E-state index in [-0.39, 0.29) is 12.4 Å². The molecular formula is C21H23ClN2O. The Bertz CT molecular complexity index is 858. The topological polar surface area (TPSA) is 26.0 Å². The molecule has 4 heteroatoms. The zero-order chi connectivity index (χ0) is 16.2. The van der Waals surface area contributed by atoms with Crippen molar-refractivity contribution in [3.63, 3.8) is 0 Å². The van der Waals surface area contributed by atoms with Gasteiger partial charge >= 0.3 is 0 Å². The summed E-state index contributed by atoms with van der Waals surface area (Å²) in [4.78, 5) is 7.38. The van der Waals surface area contributed by atoms with E-state index in [9.17, 15) is 0 Å². The fraction of sp³-hybridized carbons (Fsp3) is 0.286. The van der Waals surface area contributed by atoms with Gasteiger partial charge in [-0.1, -0.05) is 65.8 Å². The van der Waals surface area contributed by atoms with Crippen LogP contribution in [0.25, 0.3) is 21.5 Å². The summed E-state index contributed by atoms with van der Waals surface area (Å²) in [5.74, 6) is 0. The highest BCUT2D eigenvalue weighted by Crippen LogP contribution is 2.15. The van der Waals surface area contributed by atoms with Crippen LogP contribution in [-0.2, 0) is 4.84 Å². The number of benzene rings is 2. The van der Waals surface area contributed by atoms with E-state index in [0.29, 0.717) is 6.61 Å². The number of nitrogens with zero attached hydrogens (tertiary/aromatic N) is 1. The number of rotatable bonds is 4. The van der Waals surface area contributed by atoms with Gasteiger partial charge in [-0.3, -0.25) is 0 Å². The summed E-state index contributed by atoms with van der Waals surface area (Å²) in [6, 6.07) is 21.1. The quantitative estimate of drug-likeness (QED) is 0.496. The van der Waals surface area contributed by atoms with Crippen LogP contribution in [0.4, 0.5) is 0 Å². The van der Waals surface area contributed by atoms with Crippen LogP contribution in [0.3, 0.4) is 0 Å². The van der Waals surface area contributed by atoms with Gasteiger partial charge in [0.2, 0.25) is 0 Å². The van der Waals surface area contributed by atoms with Gasteiger partial charge in [-0.25, -0.2) is 0 Å². The Kier molecular flexibility index (Phi) is 5.90. The minimum atomic E-state index is 0. The molecule has 0 aliphatic carbocycles. The molecule has 3 aromatic rings. The van der Waals surface area contributed by atoms with Crippen molar-refractivity contribution in [1.82, 2.24) is 0 Å². The van der Waals surface area contributed by atoms with Crippen LogP contribution in [-0.4, -0.2) is 26.2 Å². The second kappa shape index (κ2) is 8.32. The predicted octanol–water partition coefficient (Wildman–Crippen LogP) is -0.492. The number of nitrogens with one attached hydrogen (secondary N) is 1. The third kappa shape index (κ3) is 3.94. The molecule has 0 spiro atoms. The van der Waals surface area contributed by atoms with Gasteiger partial charge in [-0.2, -0.15) is 0 Å². The predicted molar refractivity (Wildman–Crippen MR) is 97.8 cm³/mol. The van der Waals surface area contributed by atoms with Gasteiger partial charge in [0.1, 0.15) is 11.9 Å². The molecule has 130 valence electrons. The van der Waals surface area contributed by atoms with E-state index in [1.54, 1.807) is 4.90 Å². The minimum Gasteiger partial charge on any atom is -1.00 e. The van der Waals surface area contributed by atoms with Gasteiger partial charge in [0.25, 0.3) is 0 Å². The molecule has 1 fully saturated rings. The molecule has 1 aliphatic heterocycles. The maximum Gasteiger partial charge on any atom is 0.165 e. The monoisotopic (exact) mass is 354 g/mol. The maximum absolute atomic E-state index is 5.74. The standard InChI is InChI=1S/C21H22N2O.ClH/c1-3-9-19-17(7-1)11-12-18-8-2-4-10-20(18)21(19)22-24-16-15-23-13-5-6-14-23;/h1-4,7-12H,5-6,13-16H2;1H. The number of fused-ring (bicyclic) bond motifs is 2. The van der Waals surface area contributed by atoms with E-state index in [1.165, 1.54) is 36.7 Å². The van der Waals surface area contributed by atoms with Crippen LogP contribution >= 0.6 is 0 Å². The fourth-order valence-corrected chi connectivity index (χ4v) is 3.56. The minimum absolute atomic E-state index is 0. The van der Waals surface area contributed by atoms with E-state index in [0.717, 1.165) is 22.7 Å². The lowest BCUT2D eigenvalue weighted by Gasteiger charge is -2.10. The van der Waals surface area contributed by atoms with Gasteiger partial charge < -0.3 is 22.1 Å². The molecule has 0 saturated carbocycles. The van der Waals surface area contributed by atoms with E-state index in [4.69, 9.17) is 4.84 Å². The van der Waals surface area contributed by atoms with Crippen LogP contribution in [0.2, 0.25) is 0 Å². The van der Waals surface area contributed by atoms with Gasteiger partial charge in [0.15, 0.2) is 6.61 Å². The first kappa shape index (κ1) is 17.7. The van der Waals surface area contributed by atoms with E-state index < -0.39 is 0 Å². The molecule has 1 N–H and O–H groups in total. The van der Waals surface area contributed by atoms with Crippen LogP contribution in [0, 0.1) is 0 Å². The highest BCUT2D eigenvalue weighted by Gasteiger charge is 2.14. The number of quaternary nitrogens is 1. The van der Waals surface area contributed by atoms with Crippen molar-refractivity contribution in [3.8, 4) is 0 Å². The van der Waals surface area contributed by atoms with Gasteiger partial charge in [-0.05, 0) is 10.8 Å². The molecule has 25 heavy (non-hydrogen) atoms. The summed E-state index contributed by atoms with van der Waals surface area (Å²) in [6.45, 7) is 4.26. The first-order chi connectivity index (χ1) is 11.9. The Morgan fingerprint density at radius 3 is 1.96 bits per heavy atom. The summed E-state index contributed by atoms with van der Waals surface area (Å²) >= 11 is 0. The van der Waals surface area contributed by atoms with Crippen molar-refractivity contribution < 1.29 is 22.1 Å².